The lowest BCUT2D eigenvalue weighted by Crippen LogP contribution is -2.42. The van der Waals surface area contributed by atoms with Crippen LogP contribution in [0.15, 0.2) is 54.6 Å². The number of hydrogen-bond donors (Lipinski definition) is 4. The first-order valence-corrected chi connectivity index (χ1v) is 16.8. The zero-order valence-electron chi connectivity index (χ0n) is 29.9. The molecule has 0 fully saturated rings. The number of esters is 2. The van der Waals surface area contributed by atoms with Gasteiger partial charge in [0.15, 0.2) is 0 Å². The van der Waals surface area contributed by atoms with Gasteiger partial charge >= 0.3 is 23.9 Å². The van der Waals surface area contributed by atoms with Gasteiger partial charge in [-0.05, 0) is 98.2 Å². The minimum Gasteiger partial charge on any atom is -0.481 e. The molecule has 1 aliphatic carbocycles. The van der Waals surface area contributed by atoms with Crippen molar-refractivity contribution in [3.05, 3.63) is 99.7 Å². The summed E-state index contributed by atoms with van der Waals surface area (Å²) in [7, 11) is 2.52. The Kier molecular flexibility index (Phi) is 9.35. The largest absolute Gasteiger partial charge is 0.481 e. The number of hydrogen-bond acceptors (Lipinski definition) is 8. The maximum Gasteiger partial charge on any atom is 0.334 e. The molecular formula is C40H40N4O8. The third kappa shape index (κ3) is 5.93. The first-order chi connectivity index (χ1) is 24.7. The average molecular weight is 705 g/mol. The highest BCUT2D eigenvalue weighted by Crippen LogP contribution is 2.52. The van der Waals surface area contributed by atoms with Crippen LogP contribution in [-0.2, 0) is 46.9 Å². The lowest BCUT2D eigenvalue weighted by atomic mass is 9.64. The molecule has 0 radical (unpaired) electrons. The molecule has 2 unspecified atom stereocenters. The smallest absolute Gasteiger partial charge is 0.334 e. The second-order valence-electron chi connectivity index (χ2n) is 13.3. The Morgan fingerprint density at radius 3 is 1.94 bits per heavy atom. The zero-order chi connectivity index (χ0) is 37.6. The van der Waals surface area contributed by atoms with Crippen molar-refractivity contribution in [1.82, 2.24) is 19.9 Å². The van der Waals surface area contributed by atoms with E-state index in [4.69, 9.17) is 19.4 Å². The molecule has 4 N–H and O–H groups in total. The van der Waals surface area contributed by atoms with Gasteiger partial charge in [0.1, 0.15) is 5.92 Å². The molecule has 0 saturated heterocycles. The molecule has 0 spiro atoms. The Balaban J connectivity index is 1.79. The molecule has 268 valence electrons. The summed E-state index contributed by atoms with van der Waals surface area (Å²) in [5.74, 6) is -4.31. The minimum absolute atomic E-state index is 0.0887. The van der Waals surface area contributed by atoms with Gasteiger partial charge in [0.2, 0.25) is 0 Å². The maximum absolute atomic E-state index is 13.6. The fourth-order valence-electron chi connectivity index (χ4n) is 7.59. The number of carboxylic acids is 2. The molecular weight excluding hydrogens is 664 g/mol. The van der Waals surface area contributed by atoms with Gasteiger partial charge in [0.05, 0.1) is 48.0 Å². The number of carbonyl (C=O) groups excluding carboxylic acids is 2. The molecule has 8 bridgehead atoms. The van der Waals surface area contributed by atoms with E-state index in [2.05, 4.69) is 16.5 Å². The van der Waals surface area contributed by atoms with E-state index in [0.29, 0.717) is 44.9 Å². The number of aliphatic carboxylic acids is 2. The fourth-order valence-corrected chi connectivity index (χ4v) is 7.59. The van der Waals surface area contributed by atoms with E-state index >= 15 is 0 Å². The van der Waals surface area contributed by atoms with Crippen molar-refractivity contribution >= 4 is 62.7 Å². The van der Waals surface area contributed by atoms with Crippen molar-refractivity contribution in [1.29, 1.82) is 0 Å². The summed E-state index contributed by atoms with van der Waals surface area (Å²) in [6, 6.07) is 7.46. The van der Waals surface area contributed by atoms with Crippen LogP contribution < -0.4 is 0 Å². The lowest BCUT2D eigenvalue weighted by molar-refractivity contribution is -0.149. The normalized spacial score (nSPS) is 17.9. The summed E-state index contributed by atoms with van der Waals surface area (Å²) >= 11 is 0. The molecule has 5 heterocycles. The molecule has 2 atom stereocenters. The molecule has 52 heavy (non-hydrogen) atoms. The summed E-state index contributed by atoms with van der Waals surface area (Å²) in [6.45, 7) is 11.6. The lowest BCUT2D eigenvalue weighted by Gasteiger charge is -2.36. The van der Waals surface area contributed by atoms with Crippen LogP contribution in [0.5, 0.6) is 0 Å². The first-order valence-electron chi connectivity index (χ1n) is 16.8. The van der Waals surface area contributed by atoms with Crippen molar-refractivity contribution in [3.63, 3.8) is 0 Å². The highest BCUT2D eigenvalue weighted by molar-refractivity contribution is 6.02. The predicted molar refractivity (Wildman–Crippen MR) is 196 cm³/mol. The molecule has 0 amide bonds. The number of allylic oxidation sites excluding steroid dienone is 6. The van der Waals surface area contributed by atoms with Crippen LogP contribution in [0, 0.1) is 19.8 Å². The van der Waals surface area contributed by atoms with E-state index in [1.54, 1.807) is 18.2 Å². The number of carboxylic acid groups (broad SMARTS) is 2. The van der Waals surface area contributed by atoms with E-state index in [-0.39, 0.29) is 31.3 Å². The van der Waals surface area contributed by atoms with Crippen molar-refractivity contribution in [2.45, 2.75) is 58.8 Å². The Morgan fingerprint density at radius 2 is 1.40 bits per heavy atom. The number of rotatable bonds is 9. The third-order valence-corrected chi connectivity index (χ3v) is 10.5. The minimum atomic E-state index is -1.19. The predicted octanol–water partition coefficient (Wildman–Crippen LogP) is 6.33. The molecule has 0 aromatic carbocycles. The Hall–Kier alpha value is -6.04. The standard InChI is InChI=1S/C40H40N4O8/c1-8-22-19(2)28-16-33-26-12-9-25(38(49)51-6)37(39(50)52-7)40(26,5)34(44-33)18-29-21(4)24(11-14-36(47)48)32(43-29)17-31-23(10-13-35(45)46)20(3)27(42-31)15-30(22)41-28/h8-9,12,15-18,37,42-43H,1,10-11,13-14H2,2-7H3,(H,45,46)(H,47,48). The number of nitrogens with zero attached hydrogens (tertiary/aromatic N) is 2. The van der Waals surface area contributed by atoms with Gasteiger partial charge in [-0.25, -0.2) is 9.78 Å². The monoisotopic (exact) mass is 704 g/mol. The van der Waals surface area contributed by atoms with Gasteiger partial charge in [-0.2, -0.15) is 0 Å². The number of nitrogens with one attached hydrogen (secondary N) is 2. The second kappa shape index (κ2) is 13.6. The summed E-state index contributed by atoms with van der Waals surface area (Å²) < 4.78 is 10.4. The van der Waals surface area contributed by atoms with Crippen molar-refractivity contribution in [2.24, 2.45) is 5.92 Å². The molecule has 12 heteroatoms. The van der Waals surface area contributed by atoms with E-state index in [1.165, 1.54) is 14.2 Å². The van der Waals surface area contributed by atoms with Crippen LogP contribution in [0.1, 0.15) is 71.7 Å². The quantitative estimate of drug-likeness (QED) is 0.184. The number of carbonyl (C=O) groups is 4. The topological polar surface area (TPSA) is 185 Å². The van der Waals surface area contributed by atoms with Crippen LogP contribution in [0.25, 0.3) is 38.8 Å². The number of aryl methyl sites for hydroxylation is 4. The van der Waals surface area contributed by atoms with Gasteiger partial charge in [0, 0.05) is 40.5 Å². The molecule has 3 aliphatic rings. The van der Waals surface area contributed by atoms with Crippen LogP contribution in [0.4, 0.5) is 0 Å². The molecule has 12 nitrogen and oxygen atoms in total. The fraction of sp³-hybridized carbons (Fsp3) is 0.300. The van der Waals surface area contributed by atoms with Gasteiger partial charge in [0.25, 0.3) is 0 Å². The Bertz CT molecular complexity index is 2360. The Morgan fingerprint density at radius 1 is 0.808 bits per heavy atom. The number of aromatic amines is 2. The second-order valence-corrected chi connectivity index (χ2v) is 13.3. The van der Waals surface area contributed by atoms with Crippen LogP contribution in [0.2, 0.25) is 0 Å². The van der Waals surface area contributed by atoms with E-state index < -0.39 is 35.2 Å². The van der Waals surface area contributed by atoms with Crippen molar-refractivity contribution in [2.75, 3.05) is 14.2 Å². The van der Waals surface area contributed by atoms with Crippen LogP contribution in [-0.4, -0.2) is 68.2 Å². The number of methoxy groups -OCH3 is 2. The van der Waals surface area contributed by atoms with E-state index in [0.717, 1.165) is 38.9 Å². The summed E-state index contributed by atoms with van der Waals surface area (Å²) in [6.07, 6.45) is 5.34. The molecule has 3 aromatic heterocycles. The average Bonchev–Trinajstić information content (AvgIpc) is 3.76. The van der Waals surface area contributed by atoms with E-state index in [1.807, 2.05) is 52.0 Å². The van der Waals surface area contributed by atoms with Gasteiger partial charge < -0.3 is 29.7 Å². The number of aromatic nitrogens is 4. The summed E-state index contributed by atoms with van der Waals surface area (Å²) in [4.78, 5) is 67.3. The van der Waals surface area contributed by atoms with Gasteiger partial charge in [-0.3, -0.25) is 19.4 Å². The highest BCUT2D eigenvalue weighted by atomic mass is 16.5. The number of H-pyrrole nitrogens is 2. The van der Waals surface area contributed by atoms with Crippen LogP contribution >= 0.6 is 0 Å². The third-order valence-electron chi connectivity index (χ3n) is 10.5. The summed E-state index contributed by atoms with van der Waals surface area (Å²) in [5, 5.41) is 19.2. The summed E-state index contributed by atoms with van der Waals surface area (Å²) in [5.41, 5.74) is 9.40. The zero-order valence-corrected chi connectivity index (χ0v) is 29.9. The molecule has 2 aliphatic heterocycles. The molecule has 3 aromatic rings. The van der Waals surface area contributed by atoms with Crippen molar-refractivity contribution in [3.8, 4) is 0 Å². The SMILES string of the molecule is C=CC1=C(C)c2cc3nc(cc4[nH]c(cc5[nH]c(cc1n2)c(C)c5CCC(=O)O)c(CCC(=O)O)c4C)C1(C)C3=CC=C(C(=O)OC)C1C(=O)OC. The molecule has 6 rings (SSSR count). The number of fused-ring (bicyclic) bond motifs is 11. The maximum atomic E-state index is 13.6. The number of ether oxygens (including phenoxy) is 2. The van der Waals surface area contributed by atoms with Gasteiger partial charge in [-0.15, -0.1) is 0 Å². The highest BCUT2D eigenvalue weighted by Gasteiger charge is 2.53. The van der Waals surface area contributed by atoms with Crippen molar-refractivity contribution < 1.29 is 38.9 Å². The Labute approximate surface area is 299 Å². The van der Waals surface area contributed by atoms with Crippen LogP contribution in [0.3, 0.4) is 0 Å². The molecule has 0 saturated carbocycles. The van der Waals surface area contributed by atoms with Gasteiger partial charge in [-0.1, -0.05) is 24.8 Å². The van der Waals surface area contributed by atoms with E-state index in [9.17, 15) is 29.4 Å². The first kappa shape index (κ1) is 35.8.